The van der Waals surface area contributed by atoms with Gasteiger partial charge in [-0.15, -0.1) is 0 Å². The normalized spacial score (nSPS) is 28.4. The van der Waals surface area contributed by atoms with Crippen LogP contribution in [0.15, 0.2) is 24.3 Å². The molecule has 21 heavy (non-hydrogen) atoms. The molecular formula is C18H25NO2. The molecule has 3 heteroatoms. The zero-order chi connectivity index (χ0) is 14.8. The van der Waals surface area contributed by atoms with Gasteiger partial charge in [-0.05, 0) is 43.2 Å². The number of fused-ring (bicyclic) bond motifs is 1. The van der Waals surface area contributed by atoms with Crippen LogP contribution in [0, 0.1) is 11.8 Å². The lowest BCUT2D eigenvalue weighted by atomic mass is 9.76. The number of hydrogen-bond acceptors (Lipinski definition) is 2. The topological polar surface area (TPSA) is 40.5 Å². The van der Waals surface area contributed by atoms with Gasteiger partial charge in [-0.2, -0.15) is 0 Å². The number of benzene rings is 1. The SMILES string of the molecule is CCCC1CCC(C(=O)O)C(N2CCc3ccccc32)C1. The Kier molecular flexibility index (Phi) is 4.18. The Bertz CT molecular complexity index is 514. The number of carboxylic acids is 1. The monoisotopic (exact) mass is 287 g/mol. The number of nitrogens with zero attached hydrogens (tertiary/aromatic N) is 1. The first-order valence-corrected chi connectivity index (χ1v) is 8.28. The maximum atomic E-state index is 11.7. The van der Waals surface area contributed by atoms with Crippen LogP contribution in [0.5, 0.6) is 0 Å². The predicted octanol–water partition coefficient (Wildman–Crippen LogP) is 3.72. The standard InChI is InChI=1S/C18H25NO2/c1-2-5-13-8-9-15(18(20)21)17(12-13)19-11-10-14-6-3-4-7-16(14)19/h3-4,6-7,13,15,17H,2,5,8-12H2,1H3,(H,20,21). The Morgan fingerprint density at radius 3 is 2.90 bits per heavy atom. The summed E-state index contributed by atoms with van der Waals surface area (Å²) >= 11 is 0. The number of carboxylic acid groups (broad SMARTS) is 1. The Hall–Kier alpha value is -1.51. The second-order valence-electron chi connectivity index (χ2n) is 6.55. The van der Waals surface area contributed by atoms with Gasteiger partial charge in [-0.3, -0.25) is 4.79 Å². The van der Waals surface area contributed by atoms with Crippen molar-refractivity contribution in [1.29, 1.82) is 0 Å². The second-order valence-corrected chi connectivity index (χ2v) is 6.55. The first-order chi connectivity index (χ1) is 10.2. The summed E-state index contributed by atoms with van der Waals surface area (Å²) in [6.45, 7) is 3.20. The van der Waals surface area contributed by atoms with Gasteiger partial charge < -0.3 is 10.0 Å². The van der Waals surface area contributed by atoms with Gasteiger partial charge in [-0.1, -0.05) is 38.0 Å². The van der Waals surface area contributed by atoms with Crippen LogP contribution in [0.3, 0.4) is 0 Å². The fraction of sp³-hybridized carbons (Fsp3) is 0.611. The summed E-state index contributed by atoms with van der Waals surface area (Å²) in [5.41, 5.74) is 2.64. The molecule has 0 spiro atoms. The summed E-state index contributed by atoms with van der Waals surface area (Å²) in [5, 5.41) is 9.61. The molecule has 1 fully saturated rings. The lowest BCUT2D eigenvalue weighted by molar-refractivity contribution is -0.143. The highest BCUT2D eigenvalue weighted by Crippen LogP contribution is 2.40. The predicted molar refractivity (Wildman–Crippen MR) is 84.7 cm³/mol. The zero-order valence-corrected chi connectivity index (χ0v) is 12.8. The Balaban J connectivity index is 1.84. The Morgan fingerprint density at radius 1 is 1.33 bits per heavy atom. The maximum absolute atomic E-state index is 11.7. The smallest absolute Gasteiger partial charge is 0.308 e. The van der Waals surface area contributed by atoms with E-state index in [-0.39, 0.29) is 12.0 Å². The first-order valence-electron chi connectivity index (χ1n) is 8.28. The molecule has 3 rings (SSSR count). The van der Waals surface area contributed by atoms with Crippen LogP contribution in [0.1, 0.15) is 44.6 Å². The first kappa shape index (κ1) is 14.4. The van der Waals surface area contributed by atoms with E-state index in [9.17, 15) is 9.90 Å². The lowest BCUT2D eigenvalue weighted by Gasteiger charge is -2.40. The average molecular weight is 287 g/mol. The van der Waals surface area contributed by atoms with E-state index in [0.29, 0.717) is 5.92 Å². The Labute approximate surface area is 127 Å². The molecule has 1 N–H and O–H groups in total. The largest absolute Gasteiger partial charge is 0.481 e. The molecule has 1 aromatic rings. The molecule has 0 radical (unpaired) electrons. The fourth-order valence-corrected chi connectivity index (χ4v) is 4.24. The molecule has 0 bridgehead atoms. The molecule has 3 atom stereocenters. The highest BCUT2D eigenvalue weighted by molar-refractivity contribution is 5.73. The number of anilines is 1. The van der Waals surface area contributed by atoms with E-state index in [2.05, 4.69) is 36.1 Å². The fourth-order valence-electron chi connectivity index (χ4n) is 4.24. The molecule has 3 unspecified atom stereocenters. The van der Waals surface area contributed by atoms with Gasteiger partial charge in [0.2, 0.25) is 0 Å². The molecule has 0 aromatic heterocycles. The molecular weight excluding hydrogens is 262 g/mol. The molecule has 1 saturated carbocycles. The third-order valence-electron chi connectivity index (χ3n) is 5.26. The minimum Gasteiger partial charge on any atom is -0.481 e. The van der Waals surface area contributed by atoms with Gasteiger partial charge in [0.25, 0.3) is 0 Å². The van der Waals surface area contributed by atoms with Crippen LogP contribution >= 0.6 is 0 Å². The minimum atomic E-state index is -0.612. The van der Waals surface area contributed by atoms with Crippen LogP contribution < -0.4 is 4.90 Å². The molecule has 3 nitrogen and oxygen atoms in total. The van der Waals surface area contributed by atoms with Crippen LogP contribution in [0.4, 0.5) is 5.69 Å². The quantitative estimate of drug-likeness (QED) is 0.917. The van der Waals surface area contributed by atoms with E-state index < -0.39 is 5.97 Å². The van der Waals surface area contributed by atoms with E-state index in [4.69, 9.17) is 0 Å². The maximum Gasteiger partial charge on any atom is 0.308 e. The second kappa shape index (κ2) is 6.08. The summed E-state index contributed by atoms with van der Waals surface area (Å²) in [6.07, 6.45) is 6.45. The summed E-state index contributed by atoms with van der Waals surface area (Å²) in [4.78, 5) is 14.1. The molecule has 1 aromatic carbocycles. The van der Waals surface area contributed by atoms with E-state index in [1.54, 1.807) is 0 Å². The van der Waals surface area contributed by atoms with Gasteiger partial charge in [0, 0.05) is 18.3 Å². The molecule has 1 aliphatic heterocycles. The van der Waals surface area contributed by atoms with Crippen LogP contribution in [0.2, 0.25) is 0 Å². The molecule has 0 amide bonds. The van der Waals surface area contributed by atoms with Crippen molar-refractivity contribution < 1.29 is 9.90 Å². The lowest BCUT2D eigenvalue weighted by Crippen LogP contribution is -2.46. The summed E-state index contributed by atoms with van der Waals surface area (Å²) in [5.74, 6) is -0.119. The number of carbonyl (C=O) groups is 1. The van der Waals surface area contributed by atoms with Gasteiger partial charge in [-0.25, -0.2) is 0 Å². The molecule has 1 heterocycles. The van der Waals surface area contributed by atoms with Crippen molar-refractivity contribution in [3.63, 3.8) is 0 Å². The zero-order valence-electron chi connectivity index (χ0n) is 12.8. The minimum absolute atomic E-state index is 0.177. The van der Waals surface area contributed by atoms with E-state index >= 15 is 0 Å². The van der Waals surface area contributed by atoms with Gasteiger partial charge in [0.1, 0.15) is 0 Å². The van der Waals surface area contributed by atoms with Crippen LogP contribution in [-0.2, 0) is 11.2 Å². The van der Waals surface area contributed by atoms with Crippen molar-refractivity contribution in [3.8, 4) is 0 Å². The van der Waals surface area contributed by atoms with Crippen molar-refractivity contribution in [2.45, 2.75) is 51.5 Å². The number of para-hydroxylation sites is 1. The number of aliphatic carboxylic acids is 1. The van der Waals surface area contributed by atoms with Crippen molar-refractivity contribution in [2.24, 2.45) is 11.8 Å². The van der Waals surface area contributed by atoms with E-state index in [1.807, 2.05) is 0 Å². The molecule has 1 aliphatic carbocycles. The third kappa shape index (κ3) is 2.78. The molecule has 2 aliphatic rings. The number of rotatable bonds is 4. The van der Waals surface area contributed by atoms with Gasteiger partial charge >= 0.3 is 5.97 Å². The highest BCUT2D eigenvalue weighted by Gasteiger charge is 2.39. The molecule has 114 valence electrons. The van der Waals surface area contributed by atoms with Crippen LogP contribution in [0.25, 0.3) is 0 Å². The van der Waals surface area contributed by atoms with Crippen molar-refractivity contribution in [3.05, 3.63) is 29.8 Å². The summed E-state index contributed by atoms with van der Waals surface area (Å²) in [7, 11) is 0. The average Bonchev–Trinajstić information content (AvgIpc) is 2.91. The Morgan fingerprint density at radius 2 is 2.14 bits per heavy atom. The third-order valence-corrected chi connectivity index (χ3v) is 5.26. The van der Waals surface area contributed by atoms with E-state index in [0.717, 1.165) is 32.2 Å². The van der Waals surface area contributed by atoms with E-state index in [1.165, 1.54) is 24.1 Å². The summed E-state index contributed by atoms with van der Waals surface area (Å²) in [6, 6.07) is 8.66. The van der Waals surface area contributed by atoms with Gasteiger partial charge in [0.05, 0.1) is 5.92 Å². The summed E-state index contributed by atoms with van der Waals surface area (Å²) < 4.78 is 0. The van der Waals surface area contributed by atoms with Crippen LogP contribution in [-0.4, -0.2) is 23.7 Å². The highest BCUT2D eigenvalue weighted by atomic mass is 16.4. The number of hydrogen-bond donors (Lipinski definition) is 1. The van der Waals surface area contributed by atoms with Crippen molar-refractivity contribution in [1.82, 2.24) is 0 Å². The van der Waals surface area contributed by atoms with Gasteiger partial charge in [0.15, 0.2) is 0 Å². The molecule has 0 saturated heterocycles. The van der Waals surface area contributed by atoms with Crippen molar-refractivity contribution >= 4 is 11.7 Å². The van der Waals surface area contributed by atoms with Crippen molar-refractivity contribution in [2.75, 3.05) is 11.4 Å².